The van der Waals surface area contributed by atoms with E-state index in [0.29, 0.717) is 6.42 Å². The number of carboxylic acid groups (broad SMARTS) is 1. The van der Waals surface area contributed by atoms with Crippen molar-refractivity contribution in [3.8, 4) is 0 Å². The van der Waals surface area contributed by atoms with Gasteiger partial charge in [0, 0.05) is 13.1 Å². The van der Waals surface area contributed by atoms with E-state index in [4.69, 9.17) is 10.8 Å². The Balaban J connectivity index is 2.05. The lowest BCUT2D eigenvalue weighted by molar-refractivity contribution is -0.138. The zero-order valence-electron chi connectivity index (χ0n) is 10.1. The van der Waals surface area contributed by atoms with E-state index in [1.165, 1.54) is 25.9 Å². The normalized spacial score (nSPS) is 19.2. The smallest absolute Gasteiger partial charge is 0.320 e. The van der Waals surface area contributed by atoms with Gasteiger partial charge >= 0.3 is 5.97 Å². The van der Waals surface area contributed by atoms with Crippen molar-refractivity contribution in [1.29, 1.82) is 0 Å². The van der Waals surface area contributed by atoms with E-state index < -0.39 is 12.0 Å². The van der Waals surface area contributed by atoms with E-state index in [1.807, 2.05) is 7.05 Å². The fourth-order valence-corrected chi connectivity index (χ4v) is 1.91. The summed E-state index contributed by atoms with van der Waals surface area (Å²) >= 11 is 0. The van der Waals surface area contributed by atoms with Gasteiger partial charge in [0.15, 0.2) is 0 Å². The average Bonchev–Trinajstić information content (AvgIpc) is 2.75. The van der Waals surface area contributed by atoms with Gasteiger partial charge in [-0.3, -0.25) is 4.79 Å². The topological polar surface area (TPSA) is 69.8 Å². The maximum Gasteiger partial charge on any atom is 0.320 e. The average molecular weight is 229 g/mol. The predicted octanol–water partition coefficient (Wildman–Crippen LogP) is -0.184. The van der Waals surface area contributed by atoms with Gasteiger partial charge in [0.1, 0.15) is 6.04 Å². The van der Waals surface area contributed by atoms with E-state index in [9.17, 15) is 4.79 Å². The van der Waals surface area contributed by atoms with Crippen molar-refractivity contribution in [1.82, 2.24) is 9.80 Å². The Hall–Kier alpha value is -0.650. The lowest BCUT2D eigenvalue weighted by Crippen LogP contribution is -2.37. The summed E-state index contributed by atoms with van der Waals surface area (Å²) in [5.74, 6) is -0.909. The minimum Gasteiger partial charge on any atom is -0.480 e. The zero-order chi connectivity index (χ0) is 12.0. The van der Waals surface area contributed by atoms with Crippen LogP contribution < -0.4 is 5.73 Å². The van der Waals surface area contributed by atoms with Crippen molar-refractivity contribution >= 4 is 5.97 Å². The Kier molecular flexibility index (Phi) is 5.73. The van der Waals surface area contributed by atoms with Crippen LogP contribution >= 0.6 is 0 Å². The standard InChI is InChI=1S/C11H23N3O2/c1-13(7-4-10(12)11(15)16)8-9-14-5-2-3-6-14/h10H,2-9,12H2,1H3,(H,15,16). The molecule has 0 aromatic carbocycles. The summed E-state index contributed by atoms with van der Waals surface area (Å²) in [4.78, 5) is 15.1. The summed E-state index contributed by atoms with van der Waals surface area (Å²) in [6, 6.07) is -0.728. The third-order valence-electron chi connectivity index (χ3n) is 3.14. The monoisotopic (exact) mass is 229 g/mol. The Morgan fingerprint density at radius 1 is 1.44 bits per heavy atom. The van der Waals surface area contributed by atoms with Gasteiger partial charge in [0.25, 0.3) is 0 Å². The molecule has 0 bridgehead atoms. The fraction of sp³-hybridized carbons (Fsp3) is 0.909. The third kappa shape index (κ3) is 4.92. The molecule has 1 heterocycles. The molecule has 1 rings (SSSR count). The van der Waals surface area contributed by atoms with Crippen molar-refractivity contribution in [3.63, 3.8) is 0 Å². The highest BCUT2D eigenvalue weighted by atomic mass is 16.4. The van der Waals surface area contributed by atoms with Crippen molar-refractivity contribution < 1.29 is 9.90 Å². The molecule has 0 spiro atoms. The van der Waals surface area contributed by atoms with E-state index in [1.54, 1.807) is 0 Å². The quantitative estimate of drug-likeness (QED) is 0.633. The highest BCUT2D eigenvalue weighted by Gasteiger charge is 2.14. The lowest BCUT2D eigenvalue weighted by Gasteiger charge is -2.21. The molecule has 0 radical (unpaired) electrons. The van der Waals surface area contributed by atoms with Crippen LogP contribution in [0.15, 0.2) is 0 Å². The van der Waals surface area contributed by atoms with E-state index in [2.05, 4.69) is 9.80 Å². The van der Waals surface area contributed by atoms with Crippen molar-refractivity contribution in [2.24, 2.45) is 5.73 Å². The van der Waals surface area contributed by atoms with Gasteiger partial charge in [-0.1, -0.05) is 0 Å². The number of hydrogen-bond acceptors (Lipinski definition) is 4. The van der Waals surface area contributed by atoms with E-state index in [-0.39, 0.29) is 0 Å². The van der Waals surface area contributed by atoms with Crippen molar-refractivity contribution in [2.45, 2.75) is 25.3 Å². The van der Waals surface area contributed by atoms with Crippen LogP contribution in [0.5, 0.6) is 0 Å². The third-order valence-corrected chi connectivity index (χ3v) is 3.14. The number of likely N-dealkylation sites (tertiary alicyclic amines) is 1. The molecule has 0 amide bonds. The molecule has 3 N–H and O–H groups in total. The van der Waals surface area contributed by atoms with Gasteiger partial charge in [-0.05, 0) is 45.9 Å². The highest BCUT2D eigenvalue weighted by Crippen LogP contribution is 2.06. The van der Waals surface area contributed by atoms with Crippen LogP contribution in [-0.2, 0) is 4.79 Å². The Morgan fingerprint density at radius 3 is 2.62 bits per heavy atom. The first-order chi connectivity index (χ1) is 7.59. The first-order valence-electron chi connectivity index (χ1n) is 5.99. The minimum atomic E-state index is -0.909. The molecule has 1 unspecified atom stereocenters. The number of rotatable bonds is 7. The number of hydrogen-bond donors (Lipinski definition) is 2. The molecular weight excluding hydrogens is 206 g/mol. The van der Waals surface area contributed by atoms with E-state index in [0.717, 1.165) is 19.6 Å². The van der Waals surface area contributed by atoms with Crippen LogP contribution in [0.2, 0.25) is 0 Å². The molecule has 16 heavy (non-hydrogen) atoms. The lowest BCUT2D eigenvalue weighted by atomic mass is 10.2. The number of nitrogens with zero attached hydrogens (tertiary/aromatic N) is 2. The Labute approximate surface area is 97.2 Å². The molecule has 1 aliphatic rings. The maximum atomic E-state index is 10.5. The van der Waals surface area contributed by atoms with Gasteiger partial charge in [0.05, 0.1) is 0 Å². The maximum absolute atomic E-state index is 10.5. The highest BCUT2D eigenvalue weighted by molar-refractivity contribution is 5.72. The molecule has 0 saturated carbocycles. The molecule has 1 saturated heterocycles. The second-order valence-electron chi connectivity index (χ2n) is 4.59. The molecule has 0 aromatic heterocycles. The molecule has 5 heteroatoms. The summed E-state index contributed by atoms with van der Waals surface area (Å²) in [5.41, 5.74) is 5.45. The first-order valence-corrected chi connectivity index (χ1v) is 5.99. The second kappa shape index (κ2) is 6.83. The fourth-order valence-electron chi connectivity index (χ4n) is 1.91. The molecular formula is C11H23N3O2. The van der Waals surface area contributed by atoms with Crippen LogP contribution in [0.3, 0.4) is 0 Å². The van der Waals surface area contributed by atoms with Gasteiger partial charge in [-0.25, -0.2) is 0 Å². The molecule has 0 aliphatic carbocycles. The van der Waals surface area contributed by atoms with Gasteiger partial charge < -0.3 is 20.6 Å². The van der Waals surface area contributed by atoms with Crippen LogP contribution in [0.25, 0.3) is 0 Å². The Bertz CT molecular complexity index is 217. The van der Waals surface area contributed by atoms with Crippen LogP contribution in [0.1, 0.15) is 19.3 Å². The first kappa shape index (κ1) is 13.4. The summed E-state index contributed by atoms with van der Waals surface area (Å²) in [6.45, 7) is 5.25. The minimum absolute atomic E-state index is 0.520. The van der Waals surface area contributed by atoms with Crippen molar-refractivity contribution in [2.75, 3.05) is 39.8 Å². The van der Waals surface area contributed by atoms with Gasteiger partial charge in [-0.15, -0.1) is 0 Å². The zero-order valence-corrected chi connectivity index (χ0v) is 10.1. The number of nitrogens with two attached hydrogens (primary N) is 1. The molecule has 5 nitrogen and oxygen atoms in total. The molecule has 1 fully saturated rings. The summed E-state index contributed by atoms with van der Waals surface area (Å²) in [6.07, 6.45) is 3.15. The number of carboxylic acids is 1. The van der Waals surface area contributed by atoms with Crippen LogP contribution in [-0.4, -0.2) is 66.7 Å². The van der Waals surface area contributed by atoms with Gasteiger partial charge in [0.2, 0.25) is 0 Å². The van der Waals surface area contributed by atoms with Crippen LogP contribution in [0.4, 0.5) is 0 Å². The number of likely N-dealkylation sites (N-methyl/N-ethyl adjacent to an activating group) is 1. The summed E-state index contributed by atoms with van der Waals surface area (Å²) < 4.78 is 0. The van der Waals surface area contributed by atoms with Crippen molar-refractivity contribution in [3.05, 3.63) is 0 Å². The Morgan fingerprint density at radius 2 is 2.06 bits per heavy atom. The summed E-state index contributed by atoms with van der Waals surface area (Å²) in [5, 5.41) is 8.65. The summed E-state index contributed by atoms with van der Waals surface area (Å²) in [7, 11) is 2.02. The van der Waals surface area contributed by atoms with E-state index >= 15 is 0 Å². The van der Waals surface area contributed by atoms with Crippen LogP contribution in [0, 0.1) is 0 Å². The number of aliphatic carboxylic acids is 1. The van der Waals surface area contributed by atoms with Gasteiger partial charge in [-0.2, -0.15) is 0 Å². The molecule has 1 atom stereocenters. The molecule has 0 aromatic rings. The second-order valence-corrected chi connectivity index (χ2v) is 4.59. The molecule has 94 valence electrons. The number of carbonyl (C=O) groups is 1. The predicted molar refractivity (Wildman–Crippen MR) is 63.4 cm³/mol. The SMILES string of the molecule is CN(CCC(N)C(=O)O)CCN1CCCC1. The largest absolute Gasteiger partial charge is 0.480 e. The molecule has 1 aliphatic heterocycles.